The summed E-state index contributed by atoms with van der Waals surface area (Å²) in [6, 6.07) is 9.74. The van der Waals surface area contributed by atoms with Gasteiger partial charge in [-0.15, -0.1) is 0 Å². The lowest BCUT2D eigenvalue weighted by molar-refractivity contribution is -0.385. The number of thiazole rings is 1. The standard InChI is InChI=1S/C18H14FN3O5S/c1-2-27-15(23)10-21-16-12(19)7-5-9-14(16)28-18(21)20-17(24)11-6-3-4-8-13(11)22(25)26/h3-9H,2,10H2,1H3. The van der Waals surface area contributed by atoms with E-state index < -0.39 is 22.6 Å². The molecule has 0 bridgehead atoms. The Labute approximate surface area is 161 Å². The van der Waals surface area contributed by atoms with Crippen LogP contribution in [0.25, 0.3) is 10.2 Å². The van der Waals surface area contributed by atoms with E-state index in [0.717, 1.165) is 11.3 Å². The van der Waals surface area contributed by atoms with Crippen LogP contribution in [0.4, 0.5) is 10.1 Å². The van der Waals surface area contributed by atoms with Crippen molar-refractivity contribution in [2.45, 2.75) is 13.5 Å². The van der Waals surface area contributed by atoms with Gasteiger partial charge in [-0.2, -0.15) is 4.99 Å². The number of amides is 1. The maximum absolute atomic E-state index is 14.3. The molecule has 3 aromatic rings. The van der Waals surface area contributed by atoms with Gasteiger partial charge < -0.3 is 9.30 Å². The van der Waals surface area contributed by atoms with Crippen molar-refractivity contribution in [1.82, 2.24) is 4.57 Å². The molecule has 0 fully saturated rings. The van der Waals surface area contributed by atoms with E-state index in [1.54, 1.807) is 13.0 Å². The van der Waals surface area contributed by atoms with Gasteiger partial charge in [0.2, 0.25) is 0 Å². The van der Waals surface area contributed by atoms with E-state index >= 15 is 0 Å². The minimum absolute atomic E-state index is 0.0382. The molecule has 2 aromatic carbocycles. The van der Waals surface area contributed by atoms with E-state index in [2.05, 4.69) is 4.99 Å². The Morgan fingerprint density at radius 2 is 2.00 bits per heavy atom. The zero-order valence-corrected chi connectivity index (χ0v) is 15.4. The van der Waals surface area contributed by atoms with Crippen molar-refractivity contribution in [3.05, 3.63) is 68.8 Å². The third kappa shape index (κ3) is 3.81. The number of hydrogen-bond donors (Lipinski definition) is 0. The molecule has 0 spiro atoms. The zero-order chi connectivity index (χ0) is 20.3. The van der Waals surface area contributed by atoms with Gasteiger partial charge in [-0.3, -0.25) is 19.7 Å². The number of rotatable bonds is 5. The van der Waals surface area contributed by atoms with Crippen molar-refractivity contribution in [1.29, 1.82) is 0 Å². The lowest BCUT2D eigenvalue weighted by Crippen LogP contribution is -2.23. The molecule has 0 aliphatic rings. The van der Waals surface area contributed by atoms with Crippen LogP contribution in [-0.2, 0) is 16.1 Å². The van der Waals surface area contributed by atoms with Gasteiger partial charge in [-0.05, 0) is 25.1 Å². The minimum Gasteiger partial charge on any atom is -0.465 e. The zero-order valence-electron chi connectivity index (χ0n) is 14.6. The molecule has 0 radical (unpaired) electrons. The van der Waals surface area contributed by atoms with Gasteiger partial charge in [0.1, 0.15) is 17.9 Å². The monoisotopic (exact) mass is 403 g/mol. The number of carbonyl (C=O) groups is 2. The predicted octanol–water partition coefficient (Wildman–Crippen LogP) is 3.05. The fourth-order valence-electron chi connectivity index (χ4n) is 2.62. The van der Waals surface area contributed by atoms with Crippen molar-refractivity contribution >= 4 is 39.1 Å². The van der Waals surface area contributed by atoms with Crippen molar-refractivity contribution in [3.8, 4) is 0 Å². The van der Waals surface area contributed by atoms with E-state index in [1.165, 1.54) is 41.0 Å². The number of aromatic nitrogens is 1. The summed E-state index contributed by atoms with van der Waals surface area (Å²) in [6.07, 6.45) is 0. The number of ether oxygens (including phenoxy) is 1. The molecule has 3 rings (SSSR count). The number of nitrogens with zero attached hydrogens (tertiary/aromatic N) is 3. The van der Waals surface area contributed by atoms with Gasteiger partial charge in [0.15, 0.2) is 4.80 Å². The average Bonchev–Trinajstić information content (AvgIpc) is 3.00. The largest absolute Gasteiger partial charge is 0.465 e. The number of para-hydroxylation sites is 2. The van der Waals surface area contributed by atoms with Crippen LogP contribution < -0.4 is 4.80 Å². The Hall–Kier alpha value is -3.40. The molecular formula is C18H14FN3O5S. The number of benzene rings is 2. The van der Waals surface area contributed by atoms with Crippen molar-refractivity contribution in [3.63, 3.8) is 0 Å². The van der Waals surface area contributed by atoms with Crippen LogP contribution in [0.15, 0.2) is 47.5 Å². The van der Waals surface area contributed by atoms with E-state index in [0.29, 0.717) is 4.70 Å². The third-order valence-electron chi connectivity index (χ3n) is 3.77. The molecule has 0 N–H and O–H groups in total. The Morgan fingerprint density at radius 3 is 2.71 bits per heavy atom. The molecule has 0 atom stereocenters. The second kappa shape index (κ2) is 8.09. The van der Waals surface area contributed by atoms with Crippen molar-refractivity contribution in [2.75, 3.05) is 6.61 Å². The third-order valence-corrected chi connectivity index (χ3v) is 4.82. The molecule has 0 saturated heterocycles. The first-order valence-electron chi connectivity index (χ1n) is 8.18. The van der Waals surface area contributed by atoms with Crippen LogP contribution in [0, 0.1) is 15.9 Å². The first kappa shape index (κ1) is 19.4. The molecular weight excluding hydrogens is 389 g/mol. The number of fused-ring (bicyclic) bond motifs is 1. The van der Waals surface area contributed by atoms with E-state index in [1.807, 2.05) is 0 Å². The summed E-state index contributed by atoms with van der Waals surface area (Å²) < 4.78 is 21.0. The van der Waals surface area contributed by atoms with Crippen LogP contribution in [-0.4, -0.2) is 28.0 Å². The van der Waals surface area contributed by atoms with E-state index in [-0.39, 0.29) is 34.7 Å². The SMILES string of the molecule is CCOC(=O)Cn1c(=NC(=O)c2ccccc2[N+](=O)[O-])sc2cccc(F)c21. The summed E-state index contributed by atoms with van der Waals surface area (Å²) in [5.74, 6) is -2.07. The first-order chi connectivity index (χ1) is 13.4. The molecule has 144 valence electrons. The number of halogens is 1. The maximum Gasteiger partial charge on any atom is 0.326 e. The normalized spacial score (nSPS) is 11.6. The number of carbonyl (C=O) groups excluding carboxylic acids is 2. The number of esters is 1. The summed E-state index contributed by atoms with van der Waals surface area (Å²) in [7, 11) is 0. The highest BCUT2D eigenvalue weighted by Gasteiger charge is 2.20. The summed E-state index contributed by atoms with van der Waals surface area (Å²) in [4.78, 5) is 38.9. The molecule has 10 heteroatoms. The van der Waals surface area contributed by atoms with Crippen LogP contribution in [0.5, 0.6) is 0 Å². The molecule has 0 saturated carbocycles. The van der Waals surface area contributed by atoms with Gasteiger partial charge in [0.25, 0.3) is 11.6 Å². The van der Waals surface area contributed by atoms with Crippen molar-refractivity contribution in [2.24, 2.45) is 4.99 Å². The first-order valence-corrected chi connectivity index (χ1v) is 9.00. The summed E-state index contributed by atoms with van der Waals surface area (Å²) >= 11 is 0.993. The van der Waals surface area contributed by atoms with Crippen LogP contribution in [0.3, 0.4) is 0 Å². The Balaban J connectivity index is 2.17. The number of nitro groups is 1. The summed E-state index contributed by atoms with van der Waals surface area (Å²) in [6.45, 7) is 1.43. The van der Waals surface area contributed by atoms with Gasteiger partial charge >= 0.3 is 5.97 Å². The molecule has 28 heavy (non-hydrogen) atoms. The Bertz CT molecular complexity index is 1150. The molecule has 1 amide bonds. The highest BCUT2D eigenvalue weighted by atomic mass is 32.1. The molecule has 8 nitrogen and oxygen atoms in total. The van der Waals surface area contributed by atoms with Gasteiger partial charge in [0, 0.05) is 6.07 Å². The quantitative estimate of drug-likeness (QED) is 0.370. The average molecular weight is 403 g/mol. The second-order valence-electron chi connectivity index (χ2n) is 5.55. The molecule has 0 aliphatic heterocycles. The lowest BCUT2D eigenvalue weighted by atomic mass is 10.2. The topological polar surface area (TPSA) is 104 Å². The maximum atomic E-state index is 14.3. The fourth-order valence-corrected chi connectivity index (χ4v) is 3.66. The van der Waals surface area contributed by atoms with Crippen LogP contribution >= 0.6 is 11.3 Å². The molecule has 1 heterocycles. The van der Waals surface area contributed by atoms with Crippen LogP contribution in [0.1, 0.15) is 17.3 Å². The van der Waals surface area contributed by atoms with Gasteiger partial charge in [-0.25, -0.2) is 4.39 Å². The summed E-state index contributed by atoms with van der Waals surface area (Å²) in [5.41, 5.74) is -0.483. The van der Waals surface area contributed by atoms with Crippen LogP contribution in [0.2, 0.25) is 0 Å². The van der Waals surface area contributed by atoms with Gasteiger partial charge in [-0.1, -0.05) is 29.5 Å². The number of nitro benzene ring substituents is 1. The highest BCUT2D eigenvalue weighted by Crippen LogP contribution is 2.22. The molecule has 1 aromatic heterocycles. The second-order valence-corrected chi connectivity index (χ2v) is 6.56. The van der Waals surface area contributed by atoms with Crippen molar-refractivity contribution < 1.29 is 23.6 Å². The molecule has 0 unspecified atom stereocenters. The van der Waals surface area contributed by atoms with Gasteiger partial charge in [0.05, 0.1) is 21.7 Å². The molecule has 0 aliphatic carbocycles. The van der Waals surface area contributed by atoms with E-state index in [4.69, 9.17) is 4.74 Å². The summed E-state index contributed by atoms with van der Waals surface area (Å²) in [5, 5.41) is 11.1. The Kier molecular flexibility index (Phi) is 5.59. The Morgan fingerprint density at radius 1 is 1.25 bits per heavy atom. The highest BCUT2D eigenvalue weighted by molar-refractivity contribution is 7.16. The number of hydrogen-bond acceptors (Lipinski definition) is 6. The predicted molar refractivity (Wildman–Crippen MR) is 99.4 cm³/mol. The smallest absolute Gasteiger partial charge is 0.326 e. The lowest BCUT2D eigenvalue weighted by Gasteiger charge is -2.05. The fraction of sp³-hybridized carbons (Fsp3) is 0.167. The minimum atomic E-state index is -0.864. The van der Waals surface area contributed by atoms with E-state index in [9.17, 15) is 24.1 Å².